The van der Waals surface area contributed by atoms with Crippen molar-refractivity contribution >= 4 is 5.91 Å². The van der Waals surface area contributed by atoms with Crippen molar-refractivity contribution in [3.05, 3.63) is 35.4 Å². The van der Waals surface area contributed by atoms with Gasteiger partial charge in [0.15, 0.2) is 0 Å². The molecule has 1 aromatic rings. The molecule has 3 heteroatoms. The van der Waals surface area contributed by atoms with Gasteiger partial charge in [-0.15, -0.1) is 0 Å². The van der Waals surface area contributed by atoms with Crippen LogP contribution in [0.1, 0.15) is 42.6 Å². The monoisotopic (exact) mass is 270 g/mol. The van der Waals surface area contributed by atoms with Crippen molar-refractivity contribution in [1.29, 1.82) is 0 Å². The van der Waals surface area contributed by atoms with Gasteiger partial charge in [-0.3, -0.25) is 4.79 Å². The average molecular weight is 270 g/mol. The fourth-order valence-corrected chi connectivity index (χ4v) is 2.67. The molecule has 2 atom stereocenters. The molecule has 1 saturated heterocycles. The van der Waals surface area contributed by atoms with Crippen LogP contribution in [0.15, 0.2) is 24.3 Å². The largest absolute Gasteiger partial charge is 0.336 e. The summed E-state index contributed by atoms with van der Waals surface area (Å²) in [5.74, 6) is 6.47. The van der Waals surface area contributed by atoms with Gasteiger partial charge in [0.05, 0.1) is 6.54 Å². The minimum atomic E-state index is 0.112. The van der Waals surface area contributed by atoms with Crippen LogP contribution in [0, 0.1) is 17.8 Å². The summed E-state index contributed by atoms with van der Waals surface area (Å²) in [6.07, 6.45) is 2.29. The van der Waals surface area contributed by atoms with Gasteiger partial charge in [-0.25, -0.2) is 0 Å². The summed E-state index contributed by atoms with van der Waals surface area (Å²) < 4.78 is 0. The second-order valence-corrected chi connectivity index (χ2v) is 5.45. The first kappa shape index (κ1) is 14.6. The summed E-state index contributed by atoms with van der Waals surface area (Å²) in [7, 11) is 0. The Morgan fingerprint density at radius 1 is 1.45 bits per heavy atom. The van der Waals surface area contributed by atoms with Crippen molar-refractivity contribution in [3.8, 4) is 11.8 Å². The first-order chi connectivity index (χ1) is 9.63. The minimum absolute atomic E-state index is 0.112. The van der Waals surface area contributed by atoms with Crippen LogP contribution in [0.4, 0.5) is 0 Å². The smallest absolute Gasteiger partial charge is 0.254 e. The Morgan fingerprint density at radius 3 is 3.00 bits per heavy atom. The van der Waals surface area contributed by atoms with Crippen molar-refractivity contribution in [2.24, 2.45) is 11.7 Å². The lowest BCUT2D eigenvalue weighted by atomic mass is 9.91. The van der Waals surface area contributed by atoms with E-state index in [1.54, 1.807) is 0 Å². The normalized spacial score (nSPS) is 22.1. The zero-order chi connectivity index (χ0) is 14.5. The number of nitrogens with two attached hydrogens (primary N) is 1. The number of carbonyl (C=O) groups is 1. The summed E-state index contributed by atoms with van der Waals surface area (Å²) in [6, 6.07) is 7.81. The number of hydrogen-bond acceptors (Lipinski definition) is 2. The van der Waals surface area contributed by atoms with Crippen LogP contribution < -0.4 is 5.73 Å². The number of amides is 1. The third-order valence-corrected chi connectivity index (χ3v) is 4.08. The third-order valence-electron chi connectivity index (χ3n) is 4.08. The molecule has 0 radical (unpaired) electrons. The number of hydrogen-bond donors (Lipinski definition) is 1. The Kier molecular flexibility index (Phi) is 4.81. The van der Waals surface area contributed by atoms with E-state index < -0.39 is 0 Å². The fraction of sp³-hybridized carbons (Fsp3) is 0.471. The molecule has 0 aromatic heterocycles. The summed E-state index contributed by atoms with van der Waals surface area (Å²) in [6.45, 7) is 5.54. The number of likely N-dealkylation sites (tertiary alicyclic amines) is 1. The molecular formula is C17H22N2O. The molecule has 0 saturated carbocycles. The van der Waals surface area contributed by atoms with Crippen LogP contribution in [0.25, 0.3) is 0 Å². The number of carbonyl (C=O) groups excluding carboxylic acids is 1. The van der Waals surface area contributed by atoms with Crippen LogP contribution in [0.2, 0.25) is 0 Å². The molecule has 2 N–H and O–H groups in total. The molecule has 0 bridgehead atoms. The van der Waals surface area contributed by atoms with Gasteiger partial charge in [-0.05, 0) is 43.9 Å². The van der Waals surface area contributed by atoms with Gasteiger partial charge in [-0.1, -0.05) is 24.8 Å². The SMILES string of the molecule is CC1CCCN(C(=O)c2cccc(C#CCN)c2)C1C. The van der Waals surface area contributed by atoms with Crippen molar-refractivity contribution in [3.63, 3.8) is 0 Å². The summed E-state index contributed by atoms with van der Waals surface area (Å²) in [4.78, 5) is 14.6. The molecule has 2 unspecified atom stereocenters. The van der Waals surface area contributed by atoms with Gasteiger partial charge in [0.1, 0.15) is 0 Å². The van der Waals surface area contributed by atoms with Gasteiger partial charge in [-0.2, -0.15) is 0 Å². The Balaban J connectivity index is 2.20. The fourth-order valence-electron chi connectivity index (χ4n) is 2.67. The molecule has 1 fully saturated rings. The van der Waals surface area contributed by atoms with Gasteiger partial charge < -0.3 is 10.6 Å². The maximum absolute atomic E-state index is 12.6. The van der Waals surface area contributed by atoms with E-state index in [0.717, 1.165) is 24.1 Å². The van der Waals surface area contributed by atoms with E-state index in [1.165, 1.54) is 6.42 Å². The summed E-state index contributed by atoms with van der Waals surface area (Å²) in [5.41, 5.74) is 6.94. The molecule has 0 aliphatic carbocycles. The summed E-state index contributed by atoms with van der Waals surface area (Å²) in [5, 5.41) is 0. The molecule has 1 aromatic carbocycles. The molecule has 2 rings (SSSR count). The minimum Gasteiger partial charge on any atom is -0.336 e. The maximum atomic E-state index is 12.6. The lowest BCUT2D eigenvalue weighted by Gasteiger charge is -2.38. The second kappa shape index (κ2) is 6.58. The molecule has 106 valence electrons. The lowest BCUT2D eigenvalue weighted by molar-refractivity contribution is 0.0551. The first-order valence-electron chi connectivity index (χ1n) is 7.23. The van der Waals surface area contributed by atoms with E-state index in [1.807, 2.05) is 29.2 Å². The molecule has 3 nitrogen and oxygen atoms in total. The molecule has 1 aliphatic heterocycles. The zero-order valence-corrected chi connectivity index (χ0v) is 12.2. The maximum Gasteiger partial charge on any atom is 0.254 e. The molecule has 1 heterocycles. The predicted molar refractivity (Wildman–Crippen MR) is 81.3 cm³/mol. The number of piperidine rings is 1. The highest BCUT2D eigenvalue weighted by molar-refractivity contribution is 5.94. The number of nitrogens with zero attached hydrogens (tertiary/aromatic N) is 1. The number of benzene rings is 1. The second-order valence-electron chi connectivity index (χ2n) is 5.45. The lowest BCUT2D eigenvalue weighted by Crippen LogP contribution is -2.46. The molecule has 0 spiro atoms. The Hall–Kier alpha value is -1.79. The van der Waals surface area contributed by atoms with Gasteiger partial charge in [0.2, 0.25) is 0 Å². The Morgan fingerprint density at radius 2 is 2.25 bits per heavy atom. The molecule has 1 amide bonds. The standard InChI is InChI=1S/C17H22N2O/c1-13-6-5-11-19(14(13)2)17(20)16-9-3-7-15(12-16)8-4-10-18/h3,7,9,12-14H,5-6,10-11,18H2,1-2H3. The van der Waals surface area contributed by atoms with Crippen molar-refractivity contribution in [1.82, 2.24) is 4.90 Å². The predicted octanol–water partition coefficient (Wildman–Crippen LogP) is 2.26. The molecular weight excluding hydrogens is 248 g/mol. The van der Waals surface area contributed by atoms with E-state index in [4.69, 9.17) is 5.73 Å². The summed E-state index contributed by atoms with van der Waals surface area (Å²) >= 11 is 0. The van der Waals surface area contributed by atoms with Crippen LogP contribution in [0.3, 0.4) is 0 Å². The van der Waals surface area contributed by atoms with Crippen LogP contribution in [-0.2, 0) is 0 Å². The van der Waals surface area contributed by atoms with E-state index in [9.17, 15) is 4.79 Å². The van der Waals surface area contributed by atoms with E-state index >= 15 is 0 Å². The van der Waals surface area contributed by atoms with Gasteiger partial charge >= 0.3 is 0 Å². The van der Waals surface area contributed by atoms with E-state index in [-0.39, 0.29) is 5.91 Å². The van der Waals surface area contributed by atoms with Crippen molar-refractivity contribution in [2.75, 3.05) is 13.1 Å². The van der Waals surface area contributed by atoms with Gasteiger partial charge in [0, 0.05) is 23.7 Å². The number of rotatable bonds is 1. The average Bonchev–Trinajstić information content (AvgIpc) is 2.47. The molecule has 20 heavy (non-hydrogen) atoms. The topological polar surface area (TPSA) is 46.3 Å². The Labute approximate surface area is 121 Å². The van der Waals surface area contributed by atoms with Crippen LogP contribution >= 0.6 is 0 Å². The van der Waals surface area contributed by atoms with E-state index in [0.29, 0.717) is 18.5 Å². The highest BCUT2D eigenvalue weighted by Crippen LogP contribution is 2.24. The van der Waals surface area contributed by atoms with Crippen LogP contribution in [0.5, 0.6) is 0 Å². The van der Waals surface area contributed by atoms with Crippen molar-refractivity contribution in [2.45, 2.75) is 32.7 Å². The highest BCUT2D eigenvalue weighted by Gasteiger charge is 2.28. The third kappa shape index (κ3) is 3.20. The van der Waals surface area contributed by atoms with Crippen molar-refractivity contribution < 1.29 is 4.79 Å². The zero-order valence-electron chi connectivity index (χ0n) is 12.2. The van der Waals surface area contributed by atoms with Gasteiger partial charge in [0.25, 0.3) is 5.91 Å². The Bertz CT molecular complexity index is 541. The molecule has 1 aliphatic rings. The van der Waals surface area contributed by atoms with Crippen LogP contribution in [-0.4, -0.2) is 29.9 Å². The van der Waals surface area contributed by atoms with E-state index in [2.05, 4.69) is 25.7 Å². The quantitative estimate of drug-likeness (QED) is 0.796. The highest BCUT2D eigenvalue weighted by atomic mass is 16.2. The first-order valence-corrected chi connectivity index (χ1v) is 7.23.